The maximum atomic E-state index is 11.6. The molecule has 22 heavy (non-hydrogen) atoms. The van der Waals surface area contributed by atoms with Crippen LogP contribution in [0, 0.1) is 0 Å². The Kier molecular flexibility index (Phi) is 9.31. The molecule has 1 aromatic carbocycles. The highest BCUT2D eigenvalue weighted by Crippen LogP contribution is 2.10. The van der Waals surface area contributed by atoms with Crippen LogP contribution in [0.5, 0.6) is 0 Å². The van der Waals surface area contributed by atoms with Crippen molar-refractivity contribution in [2.45, 2.75) is 45.4 Å². The number of rotatable bonds is 10. The summed E-state index contributed by atoms with van der Waals surface area (Å²) < 4.78 is 5.08. The van der Waals surface area contributed by atoms with E-state index in [2.05, 4.69) is 12.2 Å². The number of benzene rings is 1. The van der Waals surface area contributed by atoms with Gasteiger partial charge in [0, 0.05) is 11.4 Å². The number of halogens is 1. The fourth-order valence-electron chi connectivity index (χ4n) is 1.98. The van der Waals surface area contributed by atoms with E-state index in [0.717, 1.165) is 31.2 Å². The van der Waals surface area contributed by atoms with Crippen LogP contribution >= 0.6 is 11.6 Å². The molecule has 1 aromatic rings. The average molecular weight is 326 g/mol. The highest BCUT2D eigenvalue weighted by atomic mass is 35.5. The molecule has 0 fully saturated rings. The first-order valence-electron chi connectivity index (χ1n) is 7.78. The monoisotopic (exact) mass is 325 g/mol. The van der Waals surface area contributed by atoms with Crippen molar-refractivity contribution in [3.8, 4) is 0 Å². The average Bonchev–Trinajstić information content (AvgIpc) is 2.50. The van der Waals surface area contributed by atoms with Gasteiger partial charge in [-0.1, -0.05) is 49.9 Å². The number of ether oxygens (including phenoxy) is 1. The van der Waals surface area contributed by atoms with Gasteiger partial charge in [0.1, 0.15) is 6.61 Å². The second-order valence-electron chi connectivity index (χ2n) is 5.18. The molecule has 0 bridgehead atoms. The van der Waals surface area contributed by atoms with Gasteiger partial charge in [0.2, 0.25) is 5.91 Å². The Morgan fingerprint density at radius 2 is 1.86 bits per heavy atom. The van der Waals surface area contributed by atoms with Gasteiger partial charge in [-0.05, 0) is 24.1 Å². The van der Waals surface area contributed by atoms with Crippen LogP contribution in [0.25, 0.3) is 0 Å². The lowest BCUT2D eigenvalue weighted by Crippen LogP contribution is -2.28. The summed E-state index contributed by atoms with van der Waals surface area (Å²) in [6, 6.07) is 7.06. The fraction of sp³-hybridized carbons (Fsp3) is 0.529. The normalized spacial score (nSPS) is 10.3. The van der Waals surface area contributed by atoms with Gasteiger partial charge in [-0.2, -0.15) is 0 Å². The topological polar surface area (TPSA) is 55.4 Å². The van der Waals surface area contributed by atoms with Crippen LogP contribution in [0.3, 0.4) is 0 Å². The third kappa shape index (κ3) is 8.67. The summed E-state index contributed by atoms with van der Waals surface area (Å²) in [6.45, 7) is 2.70. The Morgan fingerprint density at radius 3 is 2.55 bits per heavy atom. The number of amides is 1. The Labute approximate surface area is 137 Å². The zero-order chi connectivity index (χ0) is 16.2. The van der Waals surface area contributed by atoms with Gasteiger partial charge < -0.3 is 10.1 Å². The number of hydrogen-bond acceptors (Lipinski definition) is 3. The largest absolute Gasteiger partial charge is 0.464 e. The quantitative estimate of drug-likeness (QED) is 0.529. The summed E-state index contributed by atoms with van der Waals surface area (Å²) in [5, 5.41) is 3.39. The minimum Gasteiger partial charge on any atom is -0.464 e. The van der Waals surface area contributed by atoms with Crippen LogP contribution in [-0.4, -0.2) is 25.0 Å². The first-order chi connectivity index (χ1) is 10.6. The van der Waals surface area contributed by atoms with Crippen molar-refractivity contribution >= 4 is 23.5 Å². The van der Waals surface area contributed by atoms with Gasteiger partial charge in [0.05, 0.1) is 13.0 Å². The Hall–Kier alpha value is -1.55. The summed E-state index contributed by atoms with van der Waals surface area (Å²) in [7, 11) is 0. The van der Waals surface area contributed by atoms with Crippen molar-refractivity contribution in [3.05, 3.63) is 34.9 Å². The maximum Gasteiger partial charge on any atom is 0.310 e. The van der Waals surface area contributed by atoms with E-state index in [0.29, 0.717) is 18.0 Å². The SMILES string of the molecule is CCCCCCC(=O)NCCOC(=O)Cc1ccc(Cl)cc1. The highest BCUT2D eigenvalue weighted by Gasteiger charge is 2.05. The van der Waals surface area contributed by atoms with E-state index in [9.17, 15) is 9.59 Å². The van der Waals surface area contributed by atoms with Gasteiger partial charge in [0.15, 0.2) is 0 Å². The van der Waals surface area contributed by atoms with Crippen molar-refractivity contribution in [2.24, 2.45) is 0 Å². The molecule has 0 aromatic heterocycles. The van der Waals surface area contributed by atoms with Crippen LogP contribution in [-0.2, 0) is 20.7 Å². The molecule has 0 unspecified atom stereocenters. The molecule has 1 N–H and O–H groups in total. The van der Waals surface area contributed by atoms with Crippen molar-refractivity contribution in [2.75, 3.05) is 13.2 Å². The molecule has 5 heteroatoms. The van der Waals surface area contributed by atoms with Crippen molar-refractivity contribution in [3.63, 3.8) is 0 Å². The minimum atomic E-state index is -0.306. The minimum absolute atomic E-state index is 0.0184. The Morgan fingerprint density at radius 1 is 1.14 bits per heavy atom. The lowest BCUT2D eigenvalue weighted by atomic mass is 10.1. The first kappa shape index (κ1) is 18.5. The summed E-state index contributed by atoms with van der Waals surface area (Å²) in [5.74, 6) is -0.288. The highest BCUT2D eigenvalue weighted by molar-refractivity contribution is 6.30. The van der Waals surface area contributed by atoms with Crippen LogP contribution in [0.1, 0.15) is 44.6 Å². The molecule has 0 saturated carbocycles. The zero-order valence-corrected chi connectivity index (χ0v) is 13.8. The second-order valence-corrected chi connectivity index (χ2v) is 5.62. The first-order valence-corrected chi connectivity index (χ1v) is 8.16. The van der Waals surface area contributed by atoms with Crippen molar-refractivity contribution < 1.29 is 14.3 Å². The lowest BCUT2D eigenvalue weighted by Gasteiger charge is -2.07. The fourth-order valence-corrected chi connectivity index (χ4v) is 2.10. The number of esters is 1. The zero-order valence-electron chi connectivity index (χ0n) is 13.1. The molecule has 0 aliphatic carbocycles. The Balaban J connectivity index is 2.07. The molecule has 122 valence electrons. The van der Waals surface area contributed by atoms with Crippen LogP contribution in [0.15, 0.2) is 24.3 Å². The molecule has 0 saturated heterocycles. The van der Waals surface area contributed by atoms with Gasteiger partial charge >= 0.3 is 5.97 Å². The van der Waals surface area contributed by atoms with E-state index in [-0.39, 0.29) is 24.9 Å². The molecule has 1 rings (SSSR count). The van der Waals surface area contributed by atoms with Gasteiger partial charge in [-0.25, -0.2) is 0 Å². The van der Waals surface area contributed by atoms with Crippen LogP contribution in [0.2, 0.25) is 5.02 Å². The van der Waals surface area contributed by atoms with Crippen molar-refractivity contribution in [1.29, 1.82) is 0 Å². The molecule has 4 nitrogen and oxygen atoms in total. The number of carbonyl (C=O) groups is 2. The smallest absolute Gasteiger partial charge is 0.310 e. The van der Waals surface area contributed by atoms with Gasteiger partial charge in [0.25, 0.3) is 0 Å². The van der Waals surface area contributed by atoms with E-state index in [1.165, 1.54) is 0 Å². The summed E-state index contributed by atoms with van der Waals surface area (Å²) in [6.07, 6.45) is 5.07. The molecular weight excluding hydrogens is 302 g/mol. The number of unbranched alkanes of at least 4 members (excludes halogenated alkanes) is 3. The van der Waals surface area contributed by atoms with E-state index < -0.39 is 0 Å². The predicted molar refractivity (Wildman–Crippen MR) is 87.9 cm³/mol. The van der Waals surface area contributed by atoms with Crippen molar-refractivity contribution in [1.82, 2.24) is 5.32 Å². The third-order valence-electron chi connectivity index (χ3n) is 3.21. The lowest BCUT2D eigenvalue weighted by molar-refractivity contribution is -0.143. The predicted octanol–water partition coefficient (Wildman–Crippen LogP) is 3.51. The molecule has 0 atom stereocenters. The molecule has 0 aliphatic rings. The molecule has 1 amide bonds. The number of hydrogen-bond donors (Lipinski definition) is 1. The second kappa shape index (κ2) is 11.1. The maximum absolute atomic E-state index is 11.6. The third-order valence-corrected chi connectivity index (χ3v) is 3.46. The molecule has 0 spiro atoms. The van der Waals surface area contributed by atoms with Gasteiger partial charge in [-0.3, -0.25) is 9.59 Å². The van der Waals surface area contributed by atoms with E-state index in [4.69, 9.17) is 16.3 Å². The standard InChI is InChI=1S/C17H24ClNO3/c1-2-3-4-5-6-16(20)19-11-12-22-17(21)13-14-7-9-15(18)10-8-14/h7-10H,2-6,11-13H2,1H3,(H,19,20). The number of nitrogens with one attached hydrogen (secondary N) is 1. The van der Waals surface area contributed by atoms with Crippen LogP contribution < -0.4 is 5.32 Å². The van der Waals surface area contributed by atoms with E-state index >= 15 is 0 Å². The molecule has 0 heterocycles. The van der Waals surface area contributed by atoms with Crippen LogP contribution in [0.4, 0.5) is 0 Å². The number of carbonyl (C=O) groups excluding carboxylic acids is 2. The summed E-state index contributed by atoms with van der Waals surface area (Å²) in [5.41, 5.74) is 0.856. The molecular formula is C17H24ClNO3. The summed E-state index contributed by atoms with van der Waals surface area (Å²) >= 11 is 5.78. The van der Waals surface area contributed by atoms with Gasteiger partial charge in [-0.15, -0.1) is 0 Å². The molecule has 0 radical (unpaired) electrons. The Bertz CT molecular complexity index is 459. The van der Waals surface area contributed by atoms with E-state index in [1.54, 1.807) is 24.3 Å². The summed E-state index contributed by atoms with van der Waals surface area (Å²) in [4.78, 5) is 23.1. The molecule has 0 aliphatic heterocycles. The van der Waals surface area contributed by atoms with E-state index in [1.807, 2.05) is 0 Å².